The van der Waals surface area contributed by atoms with Crippen LogP contribution in [-0.4, -0.2) is 26.6 Å². The molecule has 0 unspecified atom stereocenters. The molecule has 0 aromatic heterocycles. The fourth-order valence-electron chi connectivity index (χ4n) is 1.07. The van der Waals surface area contributed by atoms with Gasteiger partial charge in [-0.1, -0.05) is 0 Å². The summed E-state index contributed by atoms with van der Waals surface area (Å²) in [7, 11) is 1.57. The highest BCUT2D eigenvalue weighted by Gasteiger charge is 2.30. The van der Waals surface area contributed by atoms with Gasteiger partial charge in [0, 0.05) is 19.3 Å². The number of anilines is 1. The Bertz CT molecular complexity index is 311. The summed E-state index contributed by atoms with van der Waals surface area (Å²) in [5, 5.41) is 2.97. The fourth-order valence-corrected chi connectivity index (χ4v) is 1.07. The lowest BCUT2D eigenvalue weighted by Crippen LogP contribution is -2.17. The molecule has 3 nitrogen and oxygen atoms in total. The number of hydrogen-bond donors (Lipinski definition) is 1. The maximum absolute atomic E-state index is 11.8. The second-order valence-corrected chi connectivity index (χ2v) is 2.99. The van der Waals surface area contributed by atoms with Crippen LogP contribution in [0.5, 0.6) is 5.75 Å². The number of methoxy groups -OCH3 is 1. The first-order chi connectivity index (χ1) is 7.51. The molecule has 0 atom stereocenters. The Kier molecular flexibility index (Phi) is 4.42. The van der Waals surface area contributed by atoms with Crippen molar-refractivity contribution in [2.45, 2.75) is 6.36 Å². The van der Waals surface area contributed by atoms with Crippen LogP contribution in [0.2, 0.25) is 0 Å². The van der Waals surface area contributed by atoms with Crippen LogP contribution < -0.4 is 10.1 Å². The Balaban J connectivity index is 2.48. The molecule has 1 N–H and O–H groups in total. The fraction of sp³-hybridized carbons (Fsp3) is 0.400. The molecule has 90 valence electrons. The van der Waals surface area contributed by atoms with Crippen LogP contribution in [-0.2, 0) is 4.74 Å². The zero-order chi connectivity index (χ0) is 12.0. The van der Waals surface area contributed by atoms with Crippen LogP contribution in [0.15, 0.2) is 24.3 Å². The van der Waals surface area contributed by atoms with E-state index in [1.54, 1.807) is 7.11 Å². The predicted molar refractivity (Wildman–Crippen MR) is 53.5 cm³/mol. The molecular formula is C10H12F3NO2. The standard InChI is InChI=1S/C10H12F3NO2/c1-15-7-6-14-8-2-4-9(5-3-8)16-10(11,12)13/h2-5,14H,6-7H2,1H3. The molecule has 0 bridgehead atoms. The molecule has 0 amide bonds. The van der Waals surface area contributed by atoms with Crippen molar-refractivity contribution in [3.8, 4) is 5.75 Å². The molecule has 0 saturated heterocycles. The van der Waals surface area contributed by atoms with Crippen LogP contribution in [0, 0.1) is 0 Å². The highest BCUT2D eigenvalue weighted by molar-refractivity contribution is 5.46. The summed E-state index contributed by atoms with van der Waals surface area (Å²) in [4.78, 5) is 0. The number of ether oxygens (including phenoxy) is 2. The predicted octanol–water partition coefficient (Wildman–Crippen LogP) is 2.64. The molecule has 0 saturated carbocycles. The van der Waals surface area contributed by atoms with E-state index in [-0.39, 0.29) is 5.75 Å². The molecule has 1 aromatic carbocycles. The van der Waals surface area contributed by atoms with E-state index < -0.39 is 6.36 Å². The molecule has 0 radical (unpaired) electrons. The van der Waals surface area contributed by atoms with E-state index in [2.05, 4.69) is 10.1 Å². The second-order valence-electron chi connectivity index (χ2n) is 2.99. The summed E-state index contributed by atoms with van der Waals surface area (Å²) >= 11 is 0. The third kappa shape index (κ3) is 4.88. The molecule has 1 aromatic rings. The first-order valence-electron chi connectivity index (χ1n) is 4.60. The van der Waals surface area contributed by atoms with Crippen molar-refractivity contribution >= 4 is 5.69 Å². The molecule has 0 heterocycles. The van der Waals surface area contributed by atoms with Gasteiger partial charge >= 0.3 is 6.36 Å². The van der Waals surface area contributed by atoms with Gasteiger partial charge in [-0.15, -0.1) is 13.2 Å². The smallest absolute Gasteiger partial charge is 0.406 e. The third-order valence-electron chi connectivity index (χ3n) is 1.72. The third-order valence-corrected chi connectivity index (χ3v) is 1.72. The number of nitrogens with one attached hydrogen (secondary N) is 1. The molecule has 0 aliphatic heterocycles. The lowest BCUT2D eigenvalue weighted by molar-refractivity contribution is -0.274. The van der Waals surface area contributed by atoms with E-state index in [0.29, 0.717) is 18.8 Å². The van der Waals surface area contributed by atoms with Gasteiger partial charge in [-0.2, -0.15) is 0 Å². The van der Waals surface area contributed by atoms with Gasteiger partial charge in [-0.3, -0.25) is 0 Å². The highest BCUT2D eigenvalue weighted by Crippen LogP contribution is 2.23. The molecule has 0 fully saturated rings. The second kappa shape index (κ2) is 5.60. The van der Waals surface area contributed by atoms with Gasteiger partial charge in [0.25, 0.3) is 0 Å². The summed E-state index contributed by atoms with van der Waals surface area (Å²) in [5.41, 5.74) is 0.714. The maximum Gasteiger partial charge on any atom is 0.573 e. The minimum atomic E-state index is -4.65. The molecule has 6 heteroatoms. The Morgan fingerprint density at radius 2 is 1.81 bits per heavy atom. The zero-order valence-corrected chi connectivity index (χ0v) is 8.67. The number of halogens is 3. The minimum Gasteiger partial charge on any atom is -0.406 e. The van der Waals surface area contributed by atoms with Crippen LogP contribution in [0.4, 0.5) is 18.9 Å². The van der Waals surface area contributed by atoms with Gasteiger partial charge in [-0.05, 0) is 24.3 Å². The largest absolute Gasteiger partial charge is 0.573 e. The number of hydrogen-bond acceptors (Lipinski definition) is 3. The number of rotatable bonds is 5. The van der Waals surface area contributed by atoms with Crippen molar-refractivity contribution in [1.29, 1.82) is 0 Å². The Labute approximate surface area is 91.2 Å². The highest BCUT2D eigenvalue weighted by atomic mass is 19.4. The van der Waals surface area contributed by atoms with E-state index in [1.165, 1.54) is 24.3 Å². The molecule has 0 spiro atoms. The molecule has 0 aliphatic rings. The summed E-state index contributed by atoms with van der Waals surface area (Å²) in [5.74, 6) is -0.232. The first kappa shape index (κ1) is 12.6. The number of alkyl halides is 3. The van der Waals surface area contributed by atoms with E-state index >= 15 is 0 Å². The quantitative estimate of drug-likeness (QED) is 0.796. The summed E-state index contributed by atoms with van der Waals surface area (Å²) in [6.45, 7) is 1.12. The average Bonchev–Trinajstić information content (AvgIpc) is 2.19. The van der Waals surface area contributed by atoms with Crippen LogP contribution in [0.3, 0.4) is 0 Å². The molecule has 0 aliphatic carbocycles. The lowest BCUT2D eigenvalue weighted by atomic mass is 10.3. The van der Waals surface area contributed by atoms with Gasteiger partial charge in [0.05, 0.1) is 6.61 Å². The Hall–Kier alpha value is -1.43. The average molecular weight is 235 g/mol. The van der Waals surface area contributed by atoms with E-state index in [9.17, 15) is 13.2 Å². The van der Waals surface area contributed by atoms with Gasteiger partial charge < -0.3 is 14.8 Å². The van der Waals surface area contributed by atoms with Gasteiger partial charge in [0.2, 0.25) is 0 Å². The van der Waals surface area contributed by atoms with E-state index in [1.807, 2.05) is 0 Å². The monoisotopic (exact) mass is 235 g/mol. The topological polar surface area (TPSA) is 30.5 Å². The molecular weight excluding hydrogens is 223 g/mol. The molecule has 16 heavy (non-hydrogen) atoms. The van der Waals surface area contributed by atoms with Crippen LogP contribution in [0.1, 0.15) is 0 Å². The van der Waals surface area contributed by atoms with Crippen molar-refractivity contribution in [2.24, 2.45) is 0 Å². The van der Waals surface area contributed by atoms with Crippen molar-refractivity contribution < 1.29 is 22.6 Å². The first-order valence-corrected chi connectivity index (χ1v) is 4.60. The Morgan fingerprint density at radius 1 is 1.19 bits per heavy atom. The van der Waals surface area contributed by atoms with Crippen molar-refractivity contribution in [3.05, 3.63) is 24.3 Å². The maximum atomic E-state index is 11.8. The Morgan fingerprint density at radius 3 is 2.31 bits per heavy atom. The van der Waals surface area contributed by atoms with E-state index in [0.717, 1.165) is 0 Å². The summed E-state index contributed by atoms with van der Waals surface area (Å²) in [6, 6.07) is 5.53. The molecule has 1 rings (SSSR count). The van der Waals surface area contributed by atoms with Crippen molar-refractivity contribution in [2.75, 3.05) is 25.6 Å². The summed E-state index contributed by atoms with van der Waals surface area (Å²) < 4.78 is 44.1. The SMILES string of the molecule is COCCNc1ccc(OC(F)(F)F)cc1. The van der Waals surface area contributed by atoms with Crippen molar-refractivity contribution in [1.82, 2.24) is 0 Å². The van der Waals surface area contributed by atoms with Gasteiger partial charge in [0.1, 0.15) is 5.75 Å². The minimum absolute atomic E-state index is 0.232. The number of benzene rings is 1. The van der Waals surface area contributed by atoms with Gasteiger partial charge in [-0.25, -0.2) is 0 Å². The normalized spacial score (nSPS) is 11.2. The van der Waals surface area contributed by atoms with Gasteiger partial charge in [0.15, 0.2) is 0 Å². The lowest BCUT2D eigenvalue weighted by Gasteiger charge is -2.10. The van der Waals surface area contributed by atoms with Crippen LogP contribution >= 0.6 is 0 Å². The van der Waals surface area contributed by atoms with Crippen LogP contribution in [0.25, 0.3) is 0 Å². The summed E-state index contributed by atoms with van der Waals surface area (Å²) in [6.07, 6.45) is -4.65. The van der Waals surface area contributed by atoms with Crippen molar-refractivity contribution in [3.63, 3.8) is 0 Å². The van der Waals surface area contributed by atoms with E-state index in [4.69, 9.17) is 4.74 Å². The zero-order valence-electron chi connectivity index (χ0n) is 8.67.